The fourth-order valence-electron chi connectivity index (χ4n) is 3.09. The molecule has 1 aliphatic heterocycles. The molecule has 0 unspecified atom stereocenters. The number of hydrogen-bond donors (Lipinski definition) is 1. The van der Waals surface area contributed by atoms with Gasteiger partial charge in [0.2, 0.25) is 5.91 Å². The minimum absolute atomic E-state index is 0.0134. The van der Waals surface area contributed by atoms with Gasteiger partial charge in [0.25, 0.3) is 11.1 Å². The first kappa shape index (κ1) is 27.2. The van der Waals surface area contributed by atoms with Crippen LogP contribution in [0.4, 0.5) is 23.7 Å². The molecule has 0 aliphatic carbocycles. The molecule has 1 heterocycles. The second-order valence-corrected chi connectivity index (χ2v) is 9.00. The van der Waals surface area contributed by atoms with E-state index in [1.165, 1.54) is 12.1 Å². The van der Waals surface area contributed by atoms with Gasteiger partial charge in [-0.25, -0.2) is 0 Å². The summed E-state index contributed by atoms with van der Waals surface area (Å²) in [4.78, 5) is 38.3. The Kier molecular flexibility index (Phi) is 8.70. The Hall–Kier alpha value is -3.43. The maximum atomic E-state index is 12.9. The second kappa shape index (κ2) is 11.5. The summed E-state index contributed by atoms with van der Waals surface area (Å²) in [5.41, 5.74) is -0.544. The molecule has 2 aromatic carbocycles. The van der Waals surface area contributed by atoms with Crippen LogP contribution in [0.1, 0.15) is 18.1 Å². The summed E-state index contributed by atoms with van der Waals surface area (Å²) in [7, 11) is 0. The molecule has 3 rings (SSSR count). The van der Waals surface area contributed by atoms with Gasteiger partial charge in [-0.1, -0.05) is 12.0 Å². The number of carbonyl (C=O) groups is 3. The summed E-state index contributed by atoms with van der Waals surface area (Å²) < 4.78 is 50.2. The average molecular weight is 583 g/mol. The van der Waals surface area contributed by atoms with Crippen molar-refractivity contribution >= 4 is 56.5 Å². The number of amides is 3. The number of alkyl halides is 3. The van der Waals surface area contributed by atoms with Gasteiger partial charge in [0.15, 0.2) is 11.5 Å². The lowest BCUT2D eigenvalue weighted by atomic mass is 10.2. The topological polar surface area (TPSA) is 84.9 Å². The van der Waals surface area contributed by atoms with Crippen molar-refractivity contribution in [1.82, 2.24) is 4.90 Å². The number of halogens is 4. The summed E-state index contributed by atoms with van der Waals surface area (Å²) >= 11 is 4.00. The van der Waals surface area contributed by atoms with Gasteiger partial charge in [-0.3, -0.25) is 19.3 Å². The van der Waals surface area contributed by atoms with E-state index in [0.29, 0.717) is 44.8 Å². The molecular formula is C24H18BrF3N2O5S. The van der Waals surface area contributed by atoms with E-state index in [2.05, 4.69) is 27.2 Å². The summed E-state index contributed by atoms with van der Waals surface area (Å²) in [6.45, 7) is 1.46. The number of imide groups is 1. The van der Waals surface area contributed by atoms with Gasteiger partial charge in [-0.2, -0.15) is 13.2 Å². The van der Waals surface area contributed by atoms with E-state index < -0.39 is 35.3 Å². The SMILES string of the molecule is C#CCOc1c(Br)cc(/C=C2\SC(=O)N(CC(=O)Nc3cccc(C(F)(F)F)c3)C2=O)cc1OCC. The standard InChI is InChI=1S/C24H18BrF3N2O5S/c1-3-8-35-21-17(25)9-14(10-18(21)34-4-2)11-19-22(32)30(23(33)36-19)13-20(31)29-16-7-5-6-15(12-16)24(26,27)28/h1,5-7,9-12H,4,8,13H2,2H3,(H,29,31)/b19-11-. The molecule has 0 aromatic heterocycles. The number of benzene rings is 2. The highest BCUT2D eigenvalue weighted by atomic mass is 79.9. The molecule has 0 radical (unpaired) electrons. The molecule has 0 bridgehead atoms. The van der Waals surface area contributed by atoms with Crippen molar-refractivity contribution in [2.24, 2.45) is 0 Å². The molecular weight excluding hydrogens is 565 g/mol. The van der Waals surface area contributed by atoms with E-state index in [4.69, 9.17) is 15.9 Å². The van der Waals surface area contributed by atoms with E-state index in [1.54, 1.807) is 19.1 Å². The Balaban J connectivity index is 1.76. The first-order valence-electron chi connectivity index (χ1n) is 10.3. The normalized spacial score (nSPS) is 14.7. The van der Waals surface area contributed by atoms with Crippen molar-refractivity contribution in [2.45, 2.75) is 13.1 Å². The van der Waals surface area contributed by atoms with Gasteiger partial charge in [0, 0.05) is 5.69 Å². The van der Waals surface area contributed by atoms with Crippen LogP contribution in [-0.2, 0) is 15.8 Å². The quantitative estimate of drug-likeness (QED) is 0.324. The number of anilines is 1. The molecule has 1 N–H and O–H groups in total. The van der Waals surface area contributed by atoms with Crippen molar-refractivity contribution in [2.75, 3.05) is 25.1 Å². The lowest BCUT2D eigenvalue weighted by molar-refractivity contribution is -0.137. The summed E-state index contributed by atoms with van der Waals surface area (Å²) in [6, 6.07) is 7.28. The highest BCUT2D eigenvalue weighted by Gasteiger charge is 2.36. The van der Waals surface area contributed by atoms with Gasteiger partial charge >= 0.3 is 6.18 Å². The van der Waals surface area contributed by atoms with Crippen LogP contribution < -0.4 is 14.8 Å². The monoisotopic (exact) mass is 582 g/mol. The second-order valence-electron chi connectivity index (χ2n) is 7.15. The van der Waals surface area contributed by atoms with Crippen molar-refractivity contribution in [3.05, 3.63) is 56.9 Å². The zero-order valence-corrected chi connectivity index (χ0v) is 21.1. The van der Waals surface area contributed by atoms with Gasteiger partial charge in [-0.05, 0) is 76.6 Å². The predicted octanol–water partition coefficient (Wildman–Crippen LogP) is 5.55. The number of ether oxygens (including phenoxy) is 2. The number of carbonyl (C=O) groups excluding carboxylic acids is 3. The van der Waals surface area contributed by atoms with Gasteiger partial charge < -0.3 is 14.8 Å². The number of terminal acetylenes is 1. The van der Waals surface area contributed by atoms with E-state index in [1.807, 2.05) is 0 Å². The van der Waals surface area contributed by atoms with Crippen LogP contribution in [0, 0.1) is 12.3 Å². The van der Waals surface area contributed by atoms with Crippen molar-refractivity contribution < 1.29 is 37.0 Å². The molecule has 0 atom stereocenters. The molecule has 1 fully saturated rings. The summed E-state index contributed by atoms with van der Waals surface area (Å²) in [5, 5.41) is 1.58. The molecule has 3 amide bonds. The van der Waals surface area contributed by atoms with Crippen LogP contribution in [0.15, 0.2) is 45.8 Å². The number of nitrogens with zero attached hydrogens (tertiary/aromatic N) is 1. The van der Waals surface area contributed by atoms with E-state index in [0.717, 1.165) is 18.2 Å². The molecule has 0 saturated carbocycles. The van der Waals surface area contributed by atoms with Crippen LogP contribution in [0.3, 0.4) is 0 Å². The Morgan fingerprint density at radius 3 is 2.67 bits per heavy atom. The first-order chi connectivity index (χ1) is 17.0. The minimum Gasteiger partial charge on any atom is -0.490 e. The Morgan fingerprint density at radius 2 is 2.00 bits per heavy atom. The number of rotatable bonds is 8. The van der Waals surface area contributed by atoms with Crippen molar-refractivity contribution in [3.8, 4) is 23.8 Å². The Labute approximate surface area is 217 Å². The van der Waals surface area contributed by atoms with E-state index >= 15 is 0 Å². The summed E-state index contributed by atoms with van der Waals surface area (Å²) in [6.07, 6.45) is 2.11. The summed E-state index contributed by atoms with van der Waals surface area (Å²) in [5.74, 6) is 1.57. The maximum Gasteiger partial charge on any atom is 0.416 e. The molecule has 0 spiro atoms. The number of hydrogen-bond acceptors (Lipinski definition) is 6. The number of thioether (sulfide) groups is 1. The van der Waals surface area contributed by atoms with Crippen molar-refractivity contribution in [3.63, 3.8) is 0 Å². The third-order valence-corrected chi connectivity index (χ3v) is 6.07. The van der Waals surface area contributed by atoms with Gasteiger partial charge in [0.05, 0.1) is 21.5 Å². The fraction of sp³-hybridized carbons (Fsp3) is 0.208. The highest BCUT2D eigenvalue weighted by Crippen LogP contribution is 2.39. The minimum atomic E-state index is -4.58. The van der Waals surface area contributed by atoms with E-state index in [-0.39, 0.29) is 17.2 Å². The lowest BCUT2D eigenvalue weighted by Crippen LogP contribution is -2.36. The maximum absolute atomic E-state index is 12.9. The molecule has 12 heteroatoms. The fourth-order valence-corrected chi connectivity index (χ4v) is 4.51. The van der Waals surface area contributed by atoms with Gasteiger partial charge in [-0.15, -0.1) is 6.42 Å². The largest absolute Gasteiger partial charge is 0.490 e. The van der Waals surface area contributed by atoms with Gasteiger partial charge in [0.1, 0.15) is 13.2 Å². The van der Waals surface area contributed by atoms with Crippen molar-refractivity contribution in [1.29, 1.82) is 0 Å². The van der Waals surface area contributed by atoms with Crippen LogP contribution in [0.2, 0.25) is 0 Å². The van der Waals surface area contributed by atoms with Crippen LogP contribution in [0.5, 0.6) is 11.5 Å². The molecule has 188 valence electrons. The third-order valence-electron chi connectivity index (χ3n) is 4.58. The number of nitrogens with one attached hydrogen (secondary N) is 1. The molecule has 36 heavy (non-hydrogen) atoms. The van der Waals surface area contributed by atoms with Crippen LogP contribution >= 0.6 is 27.7 Å². The molecule has 7 nitrogen and oxygen atoms in total. The average Bonchev–Trinajstić information content (AvgIpc) is 3.05. The Bertz CT molecular complexity index is 1270. The third kappa shape index (κ3) is 6.61. The molecule has 2 aromatic rings. The highest BCUT2D eigenvalue weighted by molar-refractivity contribution is 9.10. The Morgan fingerprint density at radius 1 is 1.25 bits per heavy atom. The first-order valence-corrected chi connectivity index (χ1v) is 11.9. The van der Waals surface area contributed by atoms with Crippen LogP contribution in [0.25, 0.3) is 6.08 Å². The smallest absolute Gasteiger partial charge is 0.416 e. The lowest BCUT2D eigenvalue weighted by Gasteiger charge is -2.14. The molecule has 1 aliphatic rings. The molecule has 1 saturated heterocycles. The predicted molar refractivity (Wildman–Crippen MR) is 132 cm³/mol. The zero-order chi connectivity index (χ0) is 26.5. The zero-order valence-electron chi connectivity index (χ0n) is 18.6. The van der Waals surface area contributed by atoms with E-state index in [9.17, 15) is 27.6 Å². The van der Waals surface area contributed by atoms with Crippen LogP contribution in [-0.4, -0.2) is 41.7 Å².